The van der Waals surface area contributed by atoms with Gasteiger partial charge < -0.3 is 29.7 Å². The lowest BCUT2D eigenvalue weighted by Crippen LogP contribution is -2.57. The molecule has 6 aliphatic rings. The molecular weight excluding hydrogens is 763 g/mol. The summed E-state index contributed by atoms with van der Waals surface area (Å²) in [4.78, 5) is 76.0. The number of hydrogen-bond donors (Lipinski definition) is 3. The zero-order valence-electron chi connectivity index (χ0n) is 34.2. The minimum Gasteiger partial charge on any atom is -0.444 e. The van der Waals surface area contributed by atoms with Crippen LogP contribution in [0.25, 0.3) is 0 Å². The van der Waals surface area contributed by atoms with Crippen molar-refractivity contribution in [2.45, 2.75) is 120 Å². The number of nitrogens with zero attached hydrogens (tertiary/aromatic N) is 4. The lowest BCUT2D eigenvalue weighted by molar-refractivity contribution is -0.141. The maximum atomic E-state index is 14.6. The van der Waals surface area contributed by atoms with Gasteiger partial charge in [0.1, 0.15) is 29.3 Å². The standard InChI is InChI=1S/C42H61N7O8S/c1-41(2,3)57-39(53)43-33-16-8-6-4-5-7-14-30-26-42(30,38(52)45-58-47-18-11-12-19-47)44-36(50)34-25-31(27-49(34)37(33)51)56-40(54)48-20-17-29-13-9-10-15-32(29)35(48)28-46-21-23-55-24-22-46/h7,9-10,13-15,30-31,33-35H,4-6,8,11-12,16-28H2,1-3H3,(H,43,53)(H,44,50)(H,45,52)/b14-7-/t30-,31-,33+,34?,35?,42-/m1/s1. The van der Waals surface area contributed by atoms with Crippen molar-refractivity contribution < 1.29 is 38.2 Å². The molecule has 16 heteroatoms. The Labute approximate surface area is 346 Å². The van der Waals surface area contributed by atoms with Gasteiger partial charge in [0.15, 0.2) is 0 Å². The predicted octanol–water partition coefficient (Wildman–Crippen LogP) is 4.09. The van der Waals surface area contributed by atoms with Crippen LogP contribution in [0.2, 0.25) is 0 Å². The van der Waals surface area contributed by atoms with Crippen molar-refractivity contribution in [3.63, 3.8) is 0 Å². The van der Waals surface area contributed by atoms with Crippen molar-refractivity contribution in [3.05, 3.63) is 47.5 Å². The second kappa shape index (κ2) is 18.6. The van der Waals surface area contributed by atoms with E-state index in [1.165, 1.54) is 22.6 Å². The number of carbonyl (C=O) groups excluding carboxylic acids is 5. The highest BCUT2D eigenvalue weighted by Gasteiger charge is 2.61. The maximum Gasteiger partial charge on any atom is 0.410 e. The summed E-state index contributed by atoms with van der Waals surface area (Å²) in [5.41, 5.74) is 0.326. The monoisotopic (exact) mass is 823 g/mol. The molecule has 1 aromatic rings. The van der Waals surface area contributed by atoms with Crippen molar-refractivity contribution in [3.8, 4) is 0 Å². The van der Waals surface area contributed by atoms with Gasteiger partial charge in [0.2, 0.25) is 11.8 Å². The van der Waals surface area contributed by atoms with Crippen LogP contribution in [0.4, 0.5) is 9.59 Å². The van der Waals surface area contributed by atoms with Crippen LogP contribution in [0.15, 0.2) is 36.4 Å². The number of rotatable bonds is 7. The number of nitrogens with one attached hydrogen (secondary N) is 3. The number of benzene rings is 1. The second-order valence-electron chi connectivity index (χ2n) is 17.5. The molecule has 15 nitrogen and oxygen atoms in total. The van der Waals surface area contributed by atoms with Crippen LogP contribution < -0.4 is 15.4 Å². The van der Waals surface area contributed by atoms with E-state index in [0.717, 1.165) is 63.8 Å². The molecule has 1 aliphatic carbocycles. The molecule has 58 heavy (non-hydrogen) atoms. The third-order valence-corrected chi connectivity index (χ3v) is 13.0. The van der Waals surface area contributed by atoms with E-state index >= 15 is 0 Å². The summed E-state index contributed by atoms with van der Waals surface area (Å²) in [5.74, 6) is -1.43. The summed E-state index contributed by atoms with van der Waals surface area (Å²) >= 11 is 1.28. The molecule has 6 atom stereocenters. The van der Waals surface area contributed by atoms with E-state index in [1.54, 1.807) is 25.7 Å². The van der Waals surface area contributed by atoms with Gasteiger partial charge in [-0.1, -0.05) is 49.3 Å². The number of hydrogen-bond acceptors (Lipinski definition) is 11. The molecule has 5 aliphatic heterocycles. The molecule has 0 spiro atoms. The smallest absolute Gasteiger partial charge is 0.410 e. The van der Waals surface area contributed by atoms with Crippen LogP contribution in [-0.4, -0.2) is 137 Å². The molecule has 0 bridgehead atoms. The molecular formula is C42H61N7O8S. The van der Waals surface area contributed by atoms with E-state index in [4.69, 9.17) is 14.2 Å². The SMILES string of the molecule is CC(C)(C)OC(=O)N[C@H]1CCCCC/C=C\[C@@H]2C[C@@]2(C(=O)NSN2CCCC2)NC(=O)C2C[C@@H](OC(=O)N3CCc4ccccc4C3CN3CCOCC3)CN2C1=O. The number of fused-ring (bicyclic) bond motifs is 3. The average molecular weight is 824 g/mol. The van der Waals surface area contributed by atoms with E-state index < -0.39 is 53.3 Å². The first-order valence-electron chi connectivity index (χ1n) is 21.3. The number of ether oxygens (including phenoxy) is 3. The van der Waals surface area contributed by atoms with Crippen LogP contribution in [-0.2, 0) is 35.0 Å². The van der Waals surface area contributed by atoms with E-state index in [1.807, 2.05) is 18.2 Å². The van der Waals surface area contributed by atoms with Crippen LogP contribution in [0.1, 0.15) is 95.7 Å². The summed E-state index contributed by atoms with van der Waals surface area (Å²) in [5, 5.41) is 5.88. The zero-order valence-corrected chi connectivity index (χ0v) is 35.1. The summed E-state index contributed by atoms with van der Waals surface area (Å²) in [6.07, 6.45) is 8.84. The molecule has 5 heterocycles. The van der Waals surface area contributed by atoms with Gasteiger partial charge in [-0.2, -0.15) is 0 Å². The van der Waals surface area contributed by atoms with Gasteiger partial charge in [-0.05, 0) is 76.8 Å². The van der Waals surface area contributed by atoms with Gasteiger partial charge in [-0.3, -0.25) is 28.9 Å². The van der Waals surface area contributed by atoms with Gasteiger partial charge >= 0.3 is 12.2 Å². The third-order valence-electron chi connectivity index (χ3n) is 12.1. The summed E-state index contributed by atoms with van der Waals surface area (Å²) in [6, 6.07) is 5.93. The Morgan fingerprint density at radius 1 is 1.00 bits per heavy atom. The largest absolute Gasteiger partial charge is 0.444 e. The van der Waals surface area contributed by atoms with Crippen molar-refractivity contribution in [1.29, 1.82) is 0 Å². The Kier molecular flexibility index (Phi) is 13.6. The molecule has 3 N–H and O–H groups in total. The fourth-order valence-corrected chi connectivity index (χ4v) is 9.73. The summed E-state index contributed by atoms with van der Waals surface area (Å²) < 4.78 is 22.5. The minimum absolute atomic E-state index is 0.0406. The molecule has 2 unspecified atom stereocenters. The highest BCUT2D eigenvalue weighted by molar-refractivity contribution is 7.95. The van der Waals surface area contributed by atoms with E-state index in [-0.39, 0.29) is 30.8 Å². The Morgan fingerprint density at radius 3 is 2.55 bits per heavy atom. The number of allylic oxidation sites excluding steroid dienone is 1. The predicted molar refractivity (Wildman–Crippen MR) is 218 cm³/mol. The number of amides is 5. The van der Waals surface area contributed by atoms with Crippen LogP contribution in [0, 0.1) is 5.92 Å². The quantitative estimate of drug-likeness (QED) is 0.269. The third kappa shape index (κ3) is 10.3. The van der Waals surface area contributed by atoms with Crippen LogP contribution in [0.3, 0.4) is 0 Å². The van der Waals surface area contributed by atoms with Crippen LogP contribution >= 0.6 is 12.1 Å². The van der Waals surface area contributed by atoms with Gasteiger partial charge in [0.25, 0.3) is 5.91 Å². The molecule has 318 valence electrons. The van der Waals surface area contributed by atoms with Crippen molar-refractivity contribution in [2.24, 2.45) is 5.92 Å². The Morgan fingerprint density at radius 2 is 1.78 bits per heavy atom. The van der Waals surface area contributed by atoms with Gasteiger partial charge in [-0.25, -0.2) is 13.9 Å². The van der Waals surface area contributed by atoms with E-state index in [2.05, 4.69) is 42.8 Å². The summed E-state index contributed by atoms with van der Waals surface area (Å²) in [7, 11) is 0. The van der Waals surface area contributed by atoms with E-state index in [9.17, 15) is 24.0 Å². The van der Waals surface area contributed by atoms with Crippen molar-refractivity contribution >= 4 is 42.0 Å². The van der Waals surface area contributed by atoms with Crippen molar-refractivity contribution in [2.75, 3.05) is 59.0 Å². The lowest BCUT2D eigenvalue weighted by atomic mass is 9.92. The highest BCUT2D eigenvalue weighted by Crippen LogP contribution is 2.46. The molecule has 0 radical (unpaired) electrons. The lowest BCUT2D eigenvalue weighted by Gasteiger charge is -2.40. The Bertz CT molecular complexity index is 1690. The molecule has 0 aromatic heterocycles. The van der Waals surface area contributed by atoms with Gasteiger partial charge in [0.05, 0.1) is 25.8 Å². The average Bonchev–Trinajstić information content (AvgIpc) is 3.47. The second-order valence-corrected chi connectivity index (χ2v) is 18.4. The molecule has 5 amide bonds. The first kappa shape index (κ1) is 42.3. The zero-order chi connectivity index (χ0) is 40.9. The number of carbonyl (C=O) groups is 5. The van der Waals surface area contributed by atoms with Gasteiger partial charge in [0, 0.05) is 63.7 Å². The molecule has 4 fully saturated rings. The molecule has 7 rings (SSSR count). The van der Waals surface area contributed by atoms with Crippen LogP contribution in [0.5, 0.6) is 0 Å². The summed E-state index contributed by atoms with van der Waals surface area (Å²) in [6.45, 7) is 10.9. The first-order chi connectivity index (χ1) is 27.9. The number of morpholine rings is 1. The Hall–Kier alpha value is -3.86. The van der Waals surface area contributed by atoms with Gasteiger partial charge in [-0.15, -0.1) is 0 Å². The van der Waals surface area contributed by atoms with E-state index in [0.29, 0.717) is 52.0 Å². The normalized spacial score (nSPS) is 30.4. The van der Waals surface area contributed by atoms with Crippen molar-refractivity contribution in [1.82, 2.24) is 34.4 Å². The molecule has 1 aromatic carbocycles. The molecule has 3 saturated heterocycles. The fraction of sp³-hybridized carbons (Fsp3) is 0.690. The first-order valence-corrected chi connectivity index (χ1v) is 22.0. The number of alkyl carbamates (subject to hydrolysis) is 1. The highest BCUT2D eigenvalue weighted by atomic mass is 32.2. The Balaban J connectivity index is 1.13. The topological polar surface area (TPSA) is 162 Å². The fourth-order valence-electron chi connectivity index (χ4n) is 8.90. The maximum absolute atomic E-state index is 14.6. The molecule has 1 saturated carbocycles. The minimum atomic E-state index is -1.17.